The van der Waals surface area contributed by atoms with Crippen molar-refractivity contribution in [2.45, 2.75) is 38.8 Å². The minimum absolute atomic E-state index is 0.151. The fourth-order valence-electron chi connectivity index (χ4n) is 1.65. The van der Waals surface area contributed by atoms with Crippen LogP contribution < -0.4 is 10.6 Å². The van der Waals surface area contributed by atoms with E-state index in [0.29, 0.717) is 0 Å². The molecule has 104 valence electrons. The number of amides is 2. The molecule has 0 radical (unpaired) electrons. The summed E-state index contributed by atoms with van der Waals surface area (Å²) in [7, 11) is 0. The zero-order valence-corrected chi connectivity index (χ0v) is 11.4. The number of carbonyl (C=O) groups excluding carboxylic acids is 1. The maximum Gasteiger partial charge on any atom is 0.315 e. The van der Waals surface area contributed by atoms with Crippen LogP contribution in [-0.2, 0) is 4.79 Å². The number of urea groups is 1. The van der Waals surface area contributed by atoms with Gasteiger partial charge in [0.05, 0.1) is 12.5 Å². The number of nitrogens with one attached hydrogen (secondary N) is 2. The molecule has 0 fully saturated rings. The Kier molecular flexibility index (Phi) is 4.92. The van der Waals surface area contributed by atoms with Crippen LogP contribution in [0.5, 0.6) is 0 Å². The van der Waals surface area contributed by atoms with E-state index in [1.165, 1.54) is 0 Å². The maximum absolute atomic E-state index is 11.8. The molecule has 0 saturated heterocycles. The van der Waals surface area contributed by atoms with E-state index in [-0.39, 0.29) is 18.0 Å². The quantitative estimate of drug-likeness (QED) is 0.780. The Labute approximate surface area is 113 Å². The summed E-state index contributed by atoms with van der Waals surface area (Å²) in [5.74, 6) is -0.954. The van der Waals surface area contributed by atoms with Gasteiger partial charge in [0.2, 0.25) is 0 Å². The Balaban J connectivity index is 2.76. The van der Waals surface area contributed by atoms with E-state index in [0.717, 1.165) is 5.56 Å². The molecule has 1 rings (SSSR count). The summed E-state index contributed by atoms with van der Waals surface area (Å²) < 4.78 is 0. The lowest BCUT2D eigenvalue weighted by Crippen LogP contribution is -2.47. The maximum atomic E-state index is 11.8. The first-order valence-corrected chi connectivity index (χ1v) is 6.13. The van der Waals surface area contributed by atoms with E-state index in [9.17, 15) is 9.59 Å². The van der Waals surface area contributed by atoms with Crippen molar-refractivity contribution in [1.82, 2.24) is 10.6 Å². The van der Waals surface area contributed by atoms with Gasteiger partial charge in [-0.25, -0.2) is 4.79 Å². The second-order valence-corrected chi connectivity index (χ2v) is 5.41. The van der Waals surface area contributed by atoms with Crippen LogP contribution in [0.4, 0.5) is 4.79 Å². The van der Waals surface area contributed by atoms with Gasteiger partial charge in [0, 0.05) is 5.54 Å². The predicted molar refractivity (Wildman–Crippen MR) is 72.9 cm³/mol. The second kappa shape index (κ2) is 6.22. The number of rotatable bonds is 4. The normalized spacial score (nSPS) is 12.6. The van der Waals surface area contributed by atoms with Crippen LogP contribution in [0.1, 0.15) is 38.8 Å². The van der Waals surface area contributed by atoms with Gasteiger partial charge in [-0.2, -0.15) is 0 Å². The number of hydrogen-bond acceptors (Lipinski definition) is 2. The van der Waals surface area contributed by atoms with Crippen molar-refractivity contribution < 1.29 is 14.7 Å². The molecule has 3 N–H and O–H groups in total. The van der Waals surface area contributed by atoms with E-state index in [1.54, 1.807) is 12.1 Å². The summed E-state index contributed by atoms with van der Waals surface area (Å²) in [6.45, 7) is 5.59. The summed E-state index contributed by atoms with van der Waals surface area (Å²) in [4.78, 5) is 22.7. The third-order valence-corrected chi connectivity index (χ3v) is 2.37. The summed E-state index contributed by atoms with van der Waals surface area (Å²) >= 11 is 0. The van der Waals surface area contributed by atoms with Crippen LogP contribution >= 0.6 is 0 Å². The van der Waals surface area contributed by atoms with Crippen LogP contribution in [0.15, 0.2) is 30.3 Å². The highest BCUT2D eigenvalue weighted by atomic mass is 16.4. The van der Waals surface area contributed by atoms with Crippen molar-refractivity contribution in [3.63, 3.8) is 0 Å². The smallest absolute Gasteiger partial charge is 0.315 e. The number of carboxylic acid groups (broad SMARTS) is 1. The highest BCUT2D eigenvalue weighted by molar-refractivity contribution is 5.76. The molecule has 0 heterocycles. The first kappa shape index (κ1) is 15.0. The van der Waals surface area contributed by atoms with Crippen molar-refractivity contribution in [3.8, 4) is 0 Å². The molecule has 0 saturated carbocycles. The molecule has 0 aliphatic carbocycles. The van der Waals surface area contributed by atoms with Crippen LogP contribution in [0.2, 0.25) is 0 Å². The fraction of sp³-hybridized carbons (Fsp3) is 0.429. The summed E-state index contributed by atoms with van der Waals surface area (Å²) in [6, 6.07) is 8.15. The van der Waals surface area contributed by atoms with E-state index in [1.807, 2.05) is 39.0 Å². The van der Waals surface area contributed by atoms with Crippen molar-refractivity contribution >= 4 is 12.0 Å². The van der Waals surface area contributed by atoms with Crippen LogP contribution in [-0.4, -0.2) is 22.6 Å². The van der Waals surface area contributed by atoms with Gasteiger partial charge in [-0.3, -0.25) is 4.79 Å². The van der Waals surface area contributed by atoms with Crippen molar-refractivity contribution in [2.75, 3.05) is 0 Å². The molecule has 19 heavy (non-hydrogen) atoms. The third-order valence-electron chi connectivity index (χ3n) is 2.37. The van der Waals surface area contributed by atoms with Crippen molar-refractivity contribution in [2.24, 2.45) is 0 Å². The number of carboxylic acids is 1. The second-order valence-electron chi connectivity index (χ2n) is 5.41. The molecular formula is C14H20N2O3. The summed E-state index contributed by atoms with van der Waals surface area (Å²) in [5, 5.41) is 14.4. The largest absolute Gasteiger partial charge is 0.481 e. The Bertz CT molecular complexity index is 438. The molecular weight excluding hydrogens is 244 g/mol. The van der Waals surface area contributed by atoms with E-state index in [4.69, 9.17) is 5.11 Å². The molecule has 0 bridgehead atoms. The highest BCUT2D eigenvalue weighted by Crippen LogP contribution is 2.16. The van der Waals surface area contributed by atoms with Crippen molar-refractivity contribution in [1.29, 1.82) is 0 Å². The molecule has 2 amide bonds. The van der Waals surface area contributed by atoms with Crippen LogP contribution in [0.25, 0.3) is 0 Å². The van der Waals surface area contributed by atoms with Gasteiger partial charge >= 0.3 is 12.0 Å². The van der Waals surface area contributed by atoms with Gasteiger partial charge in [0.1, 0.15) is 0 Å². The minimum atomic E-state index is -0.954. The number of carbonyl (C=O) groups is 2. The topological polar surface area (TPSA) is 78.4 Å². The number of hydrogen-bond donors (Lipinski definition) is 3. The van der Waals surface area contributed by atoms with Gasteiger partial charge in [-0.05, 0) is 26.3 Å². The average Bonchev–Trinajstić information content (AvgIpc) is 2.26. The predicted octanol–water partition coefficient (Wildman–Crippen LogP) is 2.30. The lowest BCUT2D eigenvalue weighted by molar-refractivity contribution is -0.137. The minimum Gasteiger partial charge on any atom is -0.481 e. The van der Waals surface area contributed by atoms with Gasteiger partial charge in [-0.1, -0.05) is 30.3 Å². The lowest BCUT2D eigenvalue weighted by atomic mass is 10.0. The van der Waals surface area contributed by atoms with Gasteiger partial charge in [-0.15, -0.1) is 0 Å². The van der Waals surface area contributed by atoms with Gasteiger partial charge < -0.3 is 15.7 Å². The lowest BCUT2D eigenvalue weighted by Gasteiger charge is -2.24. The Morgan fingerprint density at radius 1 is 1.21 bits per heavy atom. The Morgan fingerprint density at radius 3 is 2.26 bits per heavy atom. The van der Waals surface area contributed by atoms with Crippen LogP contribution in [0.3, 0.4) is 0 Å². The summed E-state index contributed by atoms with van der Waals surface area (Å²) in [5.41, 5.74) is 0.406. The van der Waals surface area contributed by atoms with Crippen molar-refractivity contribution in [3.05, 3.63) is 35.9 Å². The molecule has 0 spiro atoms. The van der Waals surface area contributed by atoms with Gasteiger partial charge in [0.15, 0.2) is 0 Å². The molecule has 0 aliphatic heterocycles. The van der Waals surface area contributed by atoms with Gasteiger partial charge in [0.25, 0.3) is 0 Å². The zero-order valence-electron chi connectivity index (χ0n) is 11.4. The number of aliphatic carboxylic acids is 1. The van der Waals surface area contributed by atoms with E-state index < -0.39 is 12.0 Å². The third kappa shape index (κ3) is 5.90. The zero-order chi connectivity index (χ0) is 14.5. The molecule has 5 nitrogen and oxygen atoms in total. The molecule has 1 aromatic rings. The highest BCUT2D eigenvalue weighted by Gasteiger charge is 2.20. The molecule has 0 unspecified atom stereocenters. The monoisotopic (exact) mass is 264 g/mol. The first-order chi connectivity index (χ1) is 8.78. The number of benzene rings is 1. The molecule has 0 aromatic heterocycles. The SMILES string of the molecule is CC(C)(C)NC(=O)N[C@H](CC(=O)O)c1ccccc1. The Morgan fingerprint density at radius 2 is 1.79 bits per heavy atom. The molecule has 1 aromatic carbocycles. The summed E-state index contributed by atoms with van der Waals surface area (Å²) in [6.07, 6.45) is -0.151. The standard InChI is InChI=1S/C14H20N2O3/c1-14(2,3)16-13(19)15-11(9-12(17)18)10-7-5-4-6-8-10/h4-8,11H,9H2,1-3H3,(H,17,18)(H2,15,16,19)/t11-/m1/s1. The van der Waals surface area contributed by atoms with E-state index >= 15 is 0 Å². The average molecular weight is 264 g/mol. The fourth-order valence-corrected chi connectivity index (χ4v) is 1.65. The first-order valence-electron chi connectivity index (χ1n) is 6.13. The molecule has 1 atom stereocenters. The molecule has 0 aliphatic rings. The molecule has 5 heteroatoms. The van der Waals surface area contributed by atoms with E-state index in [2.05, 4.69) is 10.6 Å². The Hall–Kier alpha value is -2.04. The van der Waals surface area contributed by atoms with Crippen LogP contribution in [0, 0.1) is 0 Å².